The minimum absolute atomic E-state index is 0.0177. The molecule has 0 spiro atoms. The van der Waals surface area contributed by atoms with Crippen LogP contribution in [0.15, 0.2) is 54.6 Å². The first-order valence-electron chi connectivity index (χ1n) is 13.8. The lowest BCUT2D eigenvalue weighted by atomic mass is 9.80. The molecule has 2 aromatic rings. The average molecular weight is 502 g/mol. The largest absolute Gasteiger partial charge is 0.489 e. The second-order valence-electron chi connectivity index (χ2n) is 13.5. The second-order valence-corrected chi connectivity index (χ2v) is 18.0. The fourth-order valence-corrected chi connectivity index (χ4v) is 10.3. The summed E-state index contributed by atoms with van der Waals surface area (Å²) in [6.07, 6.45) is 4.48. The van der Waals surface area contributed by atoms with Gasteiger partial charge in [0, 0.05) is 29.9 Å². The van der Waals surface area contributed by atoms with E-state index in [0.717, 1.165) is 5.75 Å². The number of rotatable bonds is 6. The molecule has 4 rings (SSSR count). The summed E-state index contributed by atoms with van der Waals surface area (Å²) in [5.41, 5.74) is 9.24. The van der Waals surface area contributed by atoms with Crippen molar-refractivity contribution in [1.82, 2.24) is 4.90 Å². The van der Waals surface area contributed by atoms with Gasteiger partial charge in [0.1, 0.15) is 12.4 Å². The summed E-state index contributed by atoms with van der Waals surface area (Å²) in [6.45, 7) is 28.3. The Kier molecular flexibility index (Phi) is 7.11. The summed E-state index contributed by atoms with van der Waals surface area (Å²) >= 11 is 0. The van der Waals surface area contributed by atoms with Gasteiger partial charge in [-0.25, -0.2) is 0 Å². The molecule has 0 amide bonds. The Morgan fingerprint density at radius 1 is 1.00 bits per heavy atom. The van der Waals surface area contributed by atoms with Crippen LogP contribution in [0.3, 0.4) is 0 Å². The van der Waals surface area contributed by atoms with Crippen LogP contribution in [0.4, 0.5) is 0 Å². The first-order chi connectivity index (χ1) is 16.8. The number of ether oxygens (including phenoxy) is 1. The van der Waals surface area contributed by atoms with Crippen LogP contribution in [0.1, 0.15) is 89.1 Å². The Balaban J connectivity index is 1.99. The van der Waals surface area contributed by atoms with E-state index in [1.165, 1.54) is 59.1 Å². The minimum atomic E-state index is -2.11. The van der Waals surface area contributed by atoms with Gasteiger partial charge < -0.3 is 9.64 Å². The zero-order valence-corrected chi connectivity index (χ0v) is 25.2. The van der Waals surface area contributed by atoms with Crippen molar-refractivity contribution >= 4 is 19.0 Å². The number of hydrogen-bond donors (Lipinski definition) is 0. The van der Waals surface area contributed by atoms with Gasteiger partial charge in [-0.05, 0) is 58.0 Å². The summed E-state index contributed by atoms with van der Waals surface area (Å²) in [5, 5.41) is 1.45. The molecule has 0 N–H and O–H groups in total. The average Bonchev–Trinajstić information content (AvgIpc) is 3.41. The minimum Gasteiger partial charge on any atom is -0.489 e. The topological polar surface area (TPSA) is 12.5 Å². The van der Waals surface area contributed by atoms with Crippen molar-refractivity contribution in [2.75, 3.05) is 19.7 Å². The highest BCUT2D eigenvalue weighted by Gasteiger charge is 2.45. The summed E-state index contributed by atoms with van der Waals surface area (Å²) in [5.74, 6) is 1.10. The predicted octanol–water partition coefficient (Wildman–Crippen LogP) is 7.93. The van der Waals surface area contributed by atoms with Crippen molar-refractivity contribution in [2.45, 2.75) is 90.8 Å². The van der Waals surface area contributed by atoms with Gasteiger partial charge in [0.05, 0.1) is 8.07 Å². The van der Waals surface area contributed by atoms with Gasteiger partial charge in [0.2, 0.25) is 0 Å². The number of nitrogens with zero attached hydrogens (tertiary/aromatic N) is 1. The highest BCUT2D eigenvalue weighted by molar-refractivity contribution is 6.92. The van der Waals surface area contributed by atoms with E-state index in [1.54, 1.807) is 5.57 Å². The van der Waals surface area contributed by atoms with E-state index in [-0.39, 0.29) is 10.8 Å². The molecule has 194 valence electrons. The highest BCUT2D eigenvalue weighted by Crippen LogP contribution is 2.49. The second kappa shape index (κ2) is 9.56. The lowest BCUT2D eigenvalue weighted by Crippen LogP contribution is -2.49. The zero-order chi connectivity index (χ0) is 26.5. The normalized spacial score (nSPS) is 18.6. The SMILES string of the molecule is C=CCOc1c(C(C)(C)C)cc(C(C)(C)C)cc1[Si](C)(C)C1C(C)=C(N2CCCC2)c2ccccc21. The summed E-state index contributed by atoms with van der Waals surface area (Å²) in [6, 6.07) is 14.1. The maximum Gasteiger partial charge on any atom is 0.122 e. The van der Waals surface area contributed by atoms with Crippen LogP contribution in [-0.4, -0.2) is 32.7 Å². The smallest absolute Gasteiger partial charge is 0.122 e. The number of fused-ring (bicyclic) bond motifs is 1. The van der Waals surface area contributed by atoms with Crippen LogP contribution >= 0.6 is 0 Å². The maximum absolute atomic E-state index is 6.60. The first-order valence-corrected chi connectivity index (χ1v) is 16.8. The molecule has 1 heterocycles. The third-order valence-corrected chi connectivity index (χ3v) is 12.2. The van der Waals surface area contributed by atoms with Crippen LogP contribution in [0.25, 0.3) is 5.70 Å². The molecule has 0 radical (unpaired) electrons. The first kappa shape index (κ1) is 26.8. The molecule has 1 aliphatic heterocycles. The Hall–Kier alpha value is -2.26. The van der Waals surface area contributed by atoms with Crippen LogP contribution in [0, 0.1) is 0 Å². The lowest BCUT2D eigenvalue weighted by Gasteiger charge is -2.37. The molecule has 1 aliphatic carbocycles. The third-order valence-electron chi connectivity index (χ3n) is 8.28. The fourth-order valence-electron chi connectivity index (χ4n) is 6.39. The van der Waals surface area contributed by atoms with Crippen LogP contribution in [-0.2, 0) is 10.8 Å². The highest BCUT2D eigenvalue weighted by atomic mass is 28.3. The molecule has 2 nitrogen and oxygen atoms in total. The molecular formula is C33H47NOSi. The molecule has 36 heavy (non-hydrogen) atoms. The quantitative estimate of drug-likeness (QED) is 0.294. The molecule has 3 heteroatoms. The monoisotopic (exact) mass is 501 g/mol. The Labute approximate surface area is 221 Å². The van der Waals surface area contributed by atoms with Crippen molar-refractivity contribution in [3.63, 3.8) is 0 Å². The number of benzene rings is 2. The van der Waals surface area contributed by atoms with Gasteiger partial charge in [0.25, 0.3) is 0 Å². The van der Waals surface area contributed by atoms with Crippen LogP contribution < -0.4 is 9.92 Å². The molecule has 2 aliphatic rings. The molecule has 0 bridgehead atoms. The fraction of sp³-hybridized carbons (Fsp3) is 0.515. The third kappa shape index (κ3) is 4.72. The lowest BCUT2D eigenvalue weighted by molar-refractivity contribution is 0.353. The molecule has 0 aromatic heterocycles. The molecule has 1 atom stereocenters. The van der Waals surface area contributed by atoms with Gasteiger partial charge >= 0.3 is 0 Å². The van der Waals surface area contributed by atoms with Gasteiger partial charge in [-0.15, -0.1) is 0 Å². The van der Waals surface area contributed by atoms with E-state index in [4.69, 9.17) is 4.74 Å². The molecular weight excluding hydrogens is 454 g/mol. The van der Waals surface area contributed by atoms with Crippen LogP contribution in [0.5, 0.6) is 5.75 Å². The van der Waals surface area contributed by atoms with Crippen molar-refractivity contribution in [3.05, 3.63) is 76.9 Å². The standard InChI is InChI=1S/C33H47NOSi/c1-11-20-35-30-27(33(6,7)8)21-24(32(3,4)5)22-28(30)36(9,10)31-23(2)29(34-18-14-15-19-34)25-16-12-13-17-26(25)31/h11-13,16-17,21-22,31H,1,14-15,18-20H2,2-10H3. The zero-order valence-electron chi connectivity index (χ0n) is 24.2. The summed E-state index contributed by atoms with van der Waals surface area (Å²) in [7, 11) is -2.11. The van der Waals surface area contributed by atoms with E-state index in [2.05, 4.69) is 109 Å². The van der Waals surface area contributed by atoms with E-state index >= 15 is 0 Å². The van der Waals surface area contributed by atoms with E-state index in [9.17, 15) is 0 Å². The maximum atomic E-state index is 6.60. The molecule has 2 aromatic carbocycles. The number of allylic oxidation sites excluding steroid dienone is 1. The van der Waals surface area contributed by atoms with Crippen molar-refractivity contribution in [1.29, 1.82) is 0 Å². The Morgan fingerprint density at radius 3 is 2.22 bits per heavy atom. The predicted molar refractivity (Wildman–Crippen MR) is 159 cm³/mol. The number of likely N-dealkylation sites (tertiary alicyclic amines) is 1. The number of hydrogen-bond acceptors (Lipinski definition) is 2. The van der Waals surface area contributed by atoms with Gasteiger partial charge in [-0.3, -0.25) is 0 Å². The molecule has 1 unspecified atom stereocenters. The summed E-state index contributed by atoms with van der Waals surface area (Å²) in [4.78, 5) is 2.65. The molecule has 0 saturated carbocycles. The van der Waals surface area contributed by atoms with E-state index < -0.39 is 8.07 Å². The molecule has 1 fully saturated rings. The summed E-state index contributed by atoms with van der Waals surface area (Å²) < 4.78 is 6.60. The Morgan fingerprint density at radius 2 is 1.64 bits per heavy atom. The van der Waals surface area contributed by atoms with Crippen molar-refractivity contribution in [2.24, 2.45) is 0 Å². The van der Waals surface area contributed by atoms with Crippen molar-refractivity contribution in [3.8, 4) is 5.75 Å². The van der Waals surface area contributed by atoms with E-state index in [0.29, 0.717) is 12.1 Å². The van der Waals surface area contributed by atoms with Gasteiger partial charge in [-0.2, -0.15) is 0 Å². The molecule has 1 saturated heterocycles. The van der Waals surface area contributed by atoms with Crippen molar-refractivity contribution < 1.29 is 4.74 Å². The van der Waals surface area contributed by atoms with Crippen LogP contribution in [0.2, 0.25) is 13.1 Å². The van der Waals surface area contributed by atoms with E-state index in [1.807, 2.05) is 6.08 Å². The Bertz CT molecular complexity index is 1170. The van der Waals surface area contributed by atoms with Gasteiger partial charge in [-0.1, -0.05) is 104 Å². The van der Waals surface area contributed by atoms with Gasteiger partial charge in [0.15, 0.2) is 0 Å².